The maximum absolute atomic E-state index is 6.81. The molecule has 0 unspecified atom stereocenters. The molecule has 0 spiro atoms. The van der Waals surface area contributed by atoms with Crippen molar-refractivity contribution >= 4 is 24.3 Å². The van der Waals surface area contributed by atoms with Crippen LogP contribution in [-0.4, -0.2) is 18.5 Å². The van der Waals surface area contributed by atoms with Gasteiger partial charge < -0.3 is 11.5 Å². The van der Waals surface area contributed by atoms with Crippen LogP contribution in [-0.2, 0) is 22.4 Å². The molecule has 0 fully saturated rings. The van der Waals surface area contributed by atoms with Crippen molar-refractivity contribution in [3.63, 3.8) is 0 Å². The standard InChI is InChI=1S/C6H15N5.Au.ClH/c1-2-3-4-10-6(9)11-5(7)8;;/h2-4H2,1H3,(H6,7,8,9,10,11);;1H. The van der Waals surface area contributed by atoms with Crippen LogP contribution in [0, 0.1) is 5.41 Å². The van der Waals surface area contributed by atoms with Crippen molar-refractivity contribution in [3.8, 4) is 0 Å². The van der Waals surface area contributed by atoms with E-state index in [0.29, 0.717) is 6.54 Å². The minimum Gasteiger partial charge on any atom is -0.370 e. The van der Waals surface area contributed by atoms with Gasteiger partial charge in [-0.05, 0) is 6.42 Å². The van der Waals surface area contributed by atoms with Crippen LogP contribution in [0.25, 0.3) is 0 Å². The minimum absolute atomic E-state index is 0. The quantitative estimate of drug-likeness (QED) is 0.236. The number of nitrogens with one attached hydrogen (secondary N) is 2. The van der Waals surface area contributed by atoms with E-state index in [1.807, 2.05) is 0 Å². The summed E-state index contributed by atoms with van der Waals surface area (Å²) in [7, 11) is 0. The van der Waals surface area contributed by atoms with Gasteiger partial charge in [0.25, 0.3) is 0 Å². The Labute approximate surface area is 100 Å². The average Bonchev–Trinajstić information content (AvgIpc) is 1.86. The number of hydrogen-bond acceptors (Lipinski definition) is 2. The second-order valence-electron chi connectivity index (χ2n) is 2.16. The molecule has 5 nitrogen and oxygen atoms in total. The maximum atomic E-state index is 6.81. The van der Waals surface area contributed by atoms with E-state index in [0.717, 1.165) is 12.8 Å². The molecule has 0 amide bonds. The van der Waals surface area contributed by atoms with E-state index in [-0.39, 0.29) is 46.7 Å². The third kappa shape index (κ3) is 14.6. The van der Waals surface area contributed by atoms with Gasteiger partial charge in [-0.1, -0.05) is 13.3 Å². The van der Waals surface area contributed by atoms with Crippen LogP contribution in [0.4, 0.5) is 0 Å². The molecule has 0 atom stereocenters. The van der Waals surface area contributed by atoms with Gasteiger partial charge >= 0.3 is 0 Å². The van der Waals surface area contributed by atoms with Crippen LogP contribution in [0.2, 0.25) is 0 Å². The topological polar surface area (TPSA) is 100 Å². The Hall–Kier alpha value is -0.230. The van der Waals surface area contributed by atoms with Gasteiger partial charge in [-0.15, -0.1) is 12.4 Å². The van der Waals surface area contributed by atoms with E-state index in [1.54, 1.807) is 0 Å². The van der Waals surface area contributed by atoms with Crippen molar-refractivity contribution in [3.05, 3.63) is 0 Å². The number of guanidine groups is 2. The number of aliphatic imine (C=N–C) groups is 1. The van der Waals surface area contributed by atoms with Gasteiger partial charge in [0, 0.05) is 28.9 Å². The molecule has 1 radical (unpaired) electrons. The molecule has 83 valence electrons. The van der Waals surface area contributed by atoms with Gasteiger partial charge in [-0.25, -0.2) is 0 Å². The van der Waals surface area contributed by atoms with Crippen molar-refractivity contribution in [1.29, 1.82) is 5.41 Å². The summed E-state index contributed by atoms with van der Waals surface area (Å²) in [5, 5.41) is 9.20. The van der Waals surface area contributed by atoms with Crippen molar-refractivity contribution in [2.75, 3.05) is 6.54 Å². The monoisotopic (exact) mass is 390 g/mol. The molecule has 0 aliphatic rings. The molecule has 0 aromatic heterocycles. The Morgan fingerprint density at radius 1 is 1.46 bits per heavy atom. The molecular weight excluding hydrogens is 375 g/mol. The summed E-state index contributed by atoms with van der Waals surface area (Å²) in [6.07, 6.45) is 2.08. The second-order valence-corrected chi connectivity index (χ2v) is 2.16. The summed E-state index contributed by atoms with van der Waals surface area (Å²) < 4.78 is 0. The largest absolute Gasteiger partial charge is 0.370 e. The average molecular weight is 391 g/mol. The molecule has 6 N–H and O–H groups in total. The normalized spacial score (nSPS) is 9.46. The van der Waals surface area contributed by atoms with Crippen LogP contribution < -0.4 is 16.8 Å². The maximum Gasteiger partial charge on any atom is 0.195 e. The van der Waals surface area contributed by atoms with Crippen LogP contribution in [0.15, 0.2) is 4.99 Å². The van der Waals surface area contributed by atoms with Gasteiger partial charge in [0.05, 0.1) is 0 Å². The molecule has 13 heavy (non-hydrogen) atoms. The predicted molar refractivity (Wildman–Crippen MR) is 53.7 cm³/mol. The minimum atomic E-state index is -0.178. The van der Waals surface area contributed by atoms with E-state index >= 15 is 0 Å². The van der Waals surface area contributed by atoms with Crippen molar-refractivity contribution in [1.82, 2.24) is 5.32 Å². The Morgan fingerprint density at radius 2 is 2.00 bits per heavy atom. The van der Waals surface area contributed by atoms with Crippen molar-refractivity contribution in [2.24, 2.45) is 16.5 Å². The van der Waals surface area contributed by atoms with Gasteiger partial charge in [0.1, 0.15) is 0 Å². The zero-order chi connectivity index (χ0) is 8.69. The zero-order valence-corrected chi connectivity index (χ0v) is 10.4. The summed E-state index contributed by atoms with van der Waals surface area (Å²) >= 11 is 0. The first-order valence-electron chi connectivity index (χ1n) is 3.57. The zero-order valence-electron chi connectivity index (χ0n) is 7.43. The fourth-order valence-electron chi connectivity index (χ4n) is 0.535. The SMILES string of the molecule is CCCCN=C(N)NC(=N)N.Cl.[Au]. The molecule has 0 aliphatic heterocycles. The first kappa shape index (κ1) is 18.5. The Bertz CT molecular complexity index is 161. The van der Waals surface area contributed by atoms with Crippen LogP contribution in [0.5, 0.6) is 0 Å². The summed E-state index contributed by atoms with van der Waals surface area (Å²) in [4.78, 5) is 3.92. The number of rotatable bonds is 3. The number of nitrogens with two attached hydrogens (primary N) is 2. The fraction of sp³-hybridized carbons (Fsp3) is 0.667. The first-order valence-corrected chi connectivity index (χ1v) is 3.57. The van der Waals surface area contributed by atoms with Gasteiger partial charge in [0.2, 0.25) is 0 Å². The molecule has 0 heterocycles. The van der Waals surface area contributed by atoms with Crippen LogP contribution >= 0.6 is 12.4 Å². The second kappa shape index (κ2) is 11.8. The molecule has 0 saturated heterocycles. The molecule has 0 aromatic rings. The molecule has 0 aromatic carbocycles. The third-order valence-electron chi connectivity index (χ3n) is 1.06. The molecule has 0 saturated carbocycles. The summed E-state index contributed by atoms with van der Waals surface area (Å²) in [6, 6.07) is 0. The van der Waals surface area contributed by atoms with E-state index < -0.39 is 0 Å². The molecule has 0 rings (SSSR count). The third-order valence-corrected chi connectivity index (χ3v) is 1.06. The molecule has 0 bridgehead atoms. The smallest absolute Gasteiger partial charge is 0.195 e. The number of nitrogens with zero attached hydrogens (tertiary/aromatic N) is 1. The number of halogens is 1. The van der Waals surface area contributed by atoms with E-state index in [2.05, 4.69) is 17.2 Å². The Kier molecular flexibility index (Phi) is 16.8. The fourth-order valence-corrected chi connectivity index (χ4v) is 0.535. The molecule has 7 heteroatoms. The number of hydrogen-bond donors (Lipinski definition) is 4. The van der Waals surface area contributed by atoms with E-state index in [9.17, 15) is 0 Å². The van der Waals surface area contributed by atoms with E-state index in [4.69, 9.17) is 16.9 Å². The van der Waals surface area contributed by atoms with Gasteiger partial charge in [-0.2, -0.15) is 0 Å². The predicted octanol–water partition coefficient (Wildman–Crippen LogP) is 0.00357. The van der Waals surface area contributed by atoms with Gasteiger partial charge in [-0.3, -0.25) is 15.7 Å². The van der Waals surface area contributed by atoms with Crippen LogP contribution in [0.1, 0.15) is 19.8 Å². The summed E-state index contributed by atoms with van der Waals surface area (Å²) in [5.41, 5.74) is 10.3. The molecular formula is C6H16AuClN5. The van der Waals surface area contributed by atoms with E-state index in [1.165, 1.54) is 0 Å². The summed E-state index contributed by atoms with van der Waals surface area (Å²) in [5.74, 6) is 0.0358. The Morgan fingerprint density at radius 3 is 2.38 bits per heavy atom. The van der Waals surface area contributed by atoms with Crippen molar-refractivity contribution in [2.45, 2.75) is 19.8 Å². The summed E-state index contributed by atoms with van der Waals surface area (Å²) in [6.45, 7) is 2.76. The van der Waals surface area contributed by atoms with Gasteiger partial charge in [0.15, 0.2) is 11.9 Å². The molecule has 0 aliphatic carbocycles. The van der Waals surface area contributed by atoms with Crippen LogP contribution in [0.3, 0.4) is 0 Å². The Balaban J connectivity index is -0.000000500. The first-order chi connectivity index (χ1) is 5.16. The van der Waals surface area contributed by atoms with Crippen molar-refractivity contribution < 1.29 is 22.4 Å². The number of unbranched alkanes of at least 4 members (excludes halogenated alkanes) is 1.